The molecule has 100 valence electrons. The average molecular weight is 309 g/mol. The minimum Gasteiger partial charge on any atom is -0.295 e. The lowest BCUT2D eigenvalue weighted by atomic mass is 10.0. The fourth-order valence-corrected chi connectivity index (χ4v) is 2.38. The van der Waals surface area contributed by atoms with Crippen LogP contribution in [0.5, 0.6) is 0 Å². The molecule has 0 aliphatic carbocycles. The van der Waals surface area contributed by atoms with E-state index in [1.807, 2.05) is 32.0 Å². The van der Waals surface area contributed by atoms with E-state index in [-0.39, 0.29) is 11.9 Å². The fraction of sp³-hybridized carbons (Fsp3) is 0.462. The molecule has 0 fully saturated rings. The SMILES string of the molecule is CCc1cccc(CC)c1N(CCl)C(=O)C(Cl)Cl. The second kappa shape index (κ2) is 7.22. The molecule has 0 aromatic heterocycles. The third-order valence-corrected chi connectivity index (χ3v) is 3.42. The summed E-state index contributed by atoms with van der Waals surface area (Å²) in [5.41, 5.74) is 2.98. The van der Waals surface area contributed by atoms with Crippen molar-refractivity contribution in [2.24, 2.45) is 0 Å². The van der Waals surface area contributed by atoms with Crippen molar-refractivity contribution in [1.29, 1.82) is 0 Å². The number of carbonyl (C=O) groups is 1. The number of carbonyl (C=O) groups excluding carboxylic acids is 1. The molecule has 0 spiro atoms. The van der Waals surface area contributed by atoms with Crippen molar-refractivity contribution in [2.75, 3.05) is 10.9 Å². The summed E-state index contributed by atoms with van der Waals surface area (Å²) in [6.45, 7) is 4.07. The molecule has 0 heterocycles. The van der Waals surface area contributed by atoms with Crippen LogP contribution in [-0.2, 0) is 17.6 Å². The predicted molar refractivity (Wildman–Crippen MR) is 78.9 cm³/mol. The van der Waals surface area contributed by atoms with E-state index in [0.717, 1.165) is 29.7 Å². The number of para-hydroxylation sites is 1. The topological polar surface area (TPSA) is 20.3 Å². The van der Waals surface area contributed by atoms with Crippen molar-refractivity contribution < 1.29 is 4.79 Å². The third-order valence-electron chi connectivity index (χ3n) is 2.81. The molecule has 5 heteroatoms. The zero-order valence-corrected chi connectivity index (χ0v) is 12.7. The number of alkyl halides is 3. The Balaban J connectivity index is 3.31. The highest BCUT2D eigenvalue weighted by Crippen LogP contribution is 2.29. The van der Waals surface area contributed by atoms with Gasteiger partial charge in [0, 0.05) is 0 Å². The van der Waals surface area contributed by atoms with Crippen molar-refractivity contribution in [1.82, 2.24) is 0 Å². The standard InChI is InChI=1S/C13H16Cl3NO/c1-3-9-6-5-7-10(4-2)11(9)17(8-14)13(18)12(15)16/h5-7,12H,3-4,8H2,1-2H3. The summed E-state index contributed by atoms with van der Waals surface area (Å²) >= 11 is 17.2. The summed E-state index contributed by atoms with van der Waals surface area (Å²) < 4.78 is 0. The highest BCUT2D eigenvalue weighted by molar-refractivity contribution is 6.55. The molecule has 2 nitrogen and oxygen atoms in total. The van der Waals surface area contributed by atoms with Crippen LogP contribution in [0.15, 0.2) is 18.2 Å². The van der Waals surface area contributed by atoms with Crippen LogP contribution in [0.3, 0.4) is 0 Å². The number of amides is 1. The number of hydrogen-bond acceptors (Lipinski definition) is 1. The molecule has 0 N–H and O–H groups in total. The van der Waals surface area contributed by atoms with Crippen LogP contribution in [0.4, 0.5) is 5.69 Å². The van der Waals surface area contributed by atoms with Gasteiger partial charge >= 0.3 is 0 Å². The fourth-order valence-electron chi connectivity index (χ4n) is 1.91. The first-order valence-corrected chi connectivity index (χ1v) is 7.23. The maximum atomic E-state index is 12.0. The Morgan fingerprint density at radius 2 is 1.72 bits per heavy atom. The number of aryl methyl sites for hydroxylation is 2. The minimum absolute atomic E-state index is 0.0405. The van der Waals surface area contributed by atoms with E-state index in [4.69, 9.17) is 34.8 Å². The van der Waals surface area contributed by atoms with Crippen LogP contribution in [0.2, 0.25) is 0 Å². The zero-order chi connectivity index (χ0) is 13.7. The summed E-state index contributed by atoms with van der Waals surface area (Å²) in [5, 5.41) is 0. The lowest BCUT2D eigenvalue weighted by Gasteiger charge is -2.25. The van der Waals surface area contributed by atoms with Crippen molar-refractivity contribution in [3.8, 4) is 0 Å². The Morgan fingerprint density at radius 3 is 2.06 bits per heavy atom. The van der Waals surface area contributed by atoms with Gasteiger partial charge in [0.15, 0.2) is 4.84 Å². The van der Waals surface area contributed by atoms with Gasteiger partial charge < -0.3 is 0 Å². The molecular weight excluding hydrogens is 293 g/mol. The first kappa shape index (κ1) is 15.6. The van der Waals surface area contributed by atoms with Crippen LogP contribution < -0.4 is 4.90 Å². The first-order chi connectivity index (χ1) is 8.56. The molecule has 1 aromatic rings. The summed E-state index contributed by atoms with van der Waals surface area (Å²) in [4.78, 5) is 12.3. The molecule has 0 aliphatic heterocycles. The summed E-state index contributed by atoms with van der Waals surface area (Å²) in [7, 11) is 0. The number of anilines is 1. The molecule has 0 bridgehead atoms. The lowest BCUT2D eigenvalue weighted by Crippen LogP contribution is -2.35. The van der Waals surface area contributed by atoms with Crippen molar-refractivity contribution in [3.05, 3.63) is 29.3 Å². The number of rotatable bonds is 5. The minimum atomic E-state index is -1.10. The van der Waals surface area contributed by atoms with Gasteiger partial charge in [-0.25, -0.2) is 0 Å². The number of halogens is 3. The van der Waals surface area contributed by atoms with Gasteiger partial charge in [-0.2, -0.15) is 0 Å². The smallest absolute Gasteiger partial charge is 0.261 e. The Kier molecular flexibility index (Phi) is 6.27. The van der Waals surface area contributed by atoms with E-state index in [2.05, 4.69) is 0 Å². The summed E-state index contributed by atoms with van der Waals surface area (Å²) in [5.74, 6) is -0.385. The van der Waals surface area contributed by atoms with Crippen LogP contribution in [0.1, 0.15) is 25.0 Å². The highest BCUT2D eigenvalue weighted by atomic mass is 35.5. The largest absolute Gasteiger partial charge is 0.295 e. The van der Waals surface area contributed by atoms with Crippen LogP contribution in [0, 0.1) is 0 Å². The molecule has 18 heavy (non-hydrogen) atoms. The summed E-state index contributed by atoms with van der Waals surface area (Å²) in [6, 6.07) is 5.99. The van der Waals surface area contributed by atoms with Gasteiger partial charge in [-0.1, -0.05) is 55.2 Å². The normalized spacial score (nSPS) is 10.8. The van der Waals surface area contributed by atoms with Crippen molar-refractivity contribution in [3.63, 3.8) is 0 Å². The van der Waals surface area contributed by atoms with Gasteiger partial charge in [0.2, 0.25) is 0 Å². The molecular formula is C13H16Cl3NO. The lowest BCUT2D eigenvalue weighted by molar-refractivity contribution is -0.116. The molecule has 0 saturated carbocycles. The number of hydrogen-bond donors (Lipinski definition) is 0. The molecule has 0 atom stereocenters. The Labute approximate surface area is 123 Å². The predicted octanol–water partition coefficient (Wildman–Crippen LogP) is 4.14. The second-order valence-corrected chi connectivity index (χ2v) is 5.15. The van der Waals surface area contributed by atoms with Crippen molar-refractivity contribution >= 4 is 46.4 Å². The average Bonchev–Trinajstić information content (AvgIpc) is 2.39. The molecule has 1 rings (SSSR count). The molecule has 0 saturated heterocycles. The van der Waals surface area contributed by atoms with Crippen LogP contribution >= 0.6 is 34.8 Å². The molecule has 1 amide bonds. The molecule has 0 radical (unpaired) electrons. The van der Waals surface area contributed by atoms with E-state index >= 15 is 0 Å². The summed E-state index contributed by atoms with van der Waals surface area (Å²) in [6.07, 6.45) is 1.64. The number of benzene rings is 1. The van der Waals surface area contributed by atoms with E-state index in [1.54, 1.807) is 0 Å². The van der Waals surface area contributed by atoms with E-state index < -0.39 is 4.84 Å². The molecule has 0 aliphatic rings. The zero-order valence-electron chi connectivity index (χ0n) is 10.4. The number of nitrogens with zero attached hydrogens (tertiary/aromatic N) is 1. The van der Waals surface area contributed by atoms with Crippen LogP contribution in [-0.4, -0.2) is 16.7 Å². The van der Waals surface area contributed by atoms with Gasteiger partial charge in [0.05, 0.1) is 5.69 Å². The first-order valence-electron chi connectivity index (χ1n) is 5.83. The Hall–Kier alpha value is -0.440. The Morgan fingerprint density at radius 1 is 1.22 bits per heavy atom. The maximum Gasteiger partial charge on any atom is 0.261 e. The van der Waals surface area contributed by atoms with Crippen LogP contribution in [0.25, 0.3) is 0 Å². The molecule has 0 unspecified atom stereocenters. The Bertz CT molecular complexity index is 398. The third kappa shape index (κ3) is 3.31. The van der Waals surface area contributed by atoms with Gasteiger partial charge in [-0.15, -0.1) is 11.6 Å². The quantitative estimate of drug-likeness (QED) is 0.591. The highest BCUT2D eigenvalue weighted by Gasteiger charge is 2.24. The van der Waals surface area contributed by atoms with E-state index in [0.29, 0.717) is 0 Å². The van der Waals surface area contributed by atoms with Gasteiger partial charge in [-0.05, 0) is 24.0 Å². The monoisotopic (exact) mass is 307 g/mol. The van der Waals surface area contributed by atoms with Gasteiger partial charge in [0.25, 0.3) is 5.91 Å². The maximum absolute atomic E-state index is 12.0. The van der Waals surface area contributed by atoms with Gasteiger partial charge in [0.1, 0.15) is 6.00 Å². The van der Waals surface area contributed by atoms with E-state index in [1.165, 1.54) is 4.90 Å². The van der Waals surface area contributed by atoms with Gasteiger partial charge in [-0.3, -0.25) is 9.69 Å². The molecule has 1 aromatic carbocycles. The second-order valence-electron chi connectivity index (χ2n) is 3.82. The van der Waals surface area contributed by atoms with Crippen molar-refractivity contribution in [2.45, 2.75) is 31.5 Å². The van der Waals surface area contributed by atoms with E-state index in [9.17, 15) is 4.79 Å².